The maximum absolute atomic E-state index is 10.9. The molecule has 0 spiro atoms. The summed E-state index contributed by atoms with van der Waals surface area (Å²) < 4.78 is 54.5. The first-order valence-corrected chi connectivity index (χ1v) is 31.8. The highest BCUT2D eigenvalue weighted by atomic mass is 35.5. The fourth-order valence-electron chi connectivity index (χ4n) is 9.89. The Balaban J connectivity index is 0.000000239. The SMILES string of the molecule is C.CS(=O)(=O)OCCOCCOCCN1CCN(Cc2ccc(-c3cc4c(NCc5ccccc5Cl)ncnc4[nH]3)cc2)CC1.OCCOCCOCCN1CCN(Cc2ccc(-c3cc4c(NCc5ccccc5Cl)ncnc4[nH]3)cc2)CC1.[2H]CC. The molecule has 20 nitrogen and oxygen atoms in total. The van der Waals surface area contributed by atoms with Crippen molar-refractivity contribution in [1.82, 2.24) is 49.5 Å². The molecule has 0 atom stereocenters. The summed E-state index contributed by atoms with van der Waals surface area (Å²) >= 11 is 12.6. The molecule has 0 unspecified atom stereocenters. The van der Waals surface area contributed by atoms with Gasteiger partial charge in [-0.15, -0.1) is 0 Å². The Morgan fingerprint density at radius 1 is 0.552 bits per heavy atom. The van der Waals surface area contributed by atoms with Crippen LogP contribution in [0.2, 0.25) is 10.0 Å². The van der Waals surface area contributed by atoms with Crippen LogP contribution in [0, 0.1) is 0 Å². The molecular formula is C64H86Cl2N12O8S. The highest BCUT2D eigenvalue weighted by Gasteiger charge is 2.20. The van der Waals surface area contributed by atoms with Gasteiger partial charge in [0.15, 0.2) is 0 Å². The van der Waals surface area contributed by atoms with Crippen molar-refractivity contribution in [2.45, 2.75) is 47.4 Å². The molecule has 0 saturated carbocycles. The topological polar surface area (TPSA) is 221 Å². The summed E-state index contributed by atoms with van der Waals surface area (Å²) in [6, 6.07) is 37.2. The Morgan fingerprint density at radius 2 is 0.931 bits per heavy atom. The van der Waals surface area contributed by atoms with Crippen molar-refractivity contribution in [3.05, 3.63) is 154 Å². The number of aliphatic hydroxyl groups excluding tert-OH is 1. The van der Waals surface area contributed by atoms with Gasteiger partial charge in [-0.25, -0.2) is 19.9 Å². The number of aromatic amines is 2. The number of benzene rings is 4. The van der Waals surface area contributed by atoms with Gasteiger partial charge in [0.2, 0.25) is 0 Å². The van der Waals surface area contributed by atoms with Crippen molar-refractivity contribution < 1.29 is 38.0 Å². The standard InChI is InChI=1S/C31H39ClN6O5S.C30H37ClN6O3.C2H6.CH4/c1-44(39,40)43-19-18-42-17-16-41-15-14-37-10-12-38(13-11-37)22-24-6-8-25(9-7-24)29-20-27-30(34-23-35-31(27)36-29)33-21-26-4-2-3-5-28(26)32;31-27-4-2-1-3-25(27)20-32-29-26-19-28(35-30(26)34-22-33-29)24-7-5-23(6-8-24)21-37-11-9-36(10-12-37)13-15-39-17-18-40-16-14-38;1-2;/h2-9,20,23H,10-19,21-22H2,1H3,(H2,33,34,35,36);1-8,19,22,38H,9-18,20-21H2,(H2,32,33,34,35);1-2H3;1H4/i;;1D;. The molecule has 10 rings (SSSR count). The number of ether oxygens (including phenoxy) is 4. The number of H-pyrrole nitrogens is 2. The molecule has 2 fully saturated rings. The fourth-order valence-corrected chi connectivity index (χ4v) is 10.7. The summed E-state index contributed by atoms with van der Waals surface area (Å²) in [5, 5.41) is 18.9. The molecule has 2 aliphatic rings. The Hall–Kier alpha value is -6.15. The van der Waals surface area contributed by atoms with E-state index < -0.39 is 10.1 Å². The normalized spacial score (nSPS) is 14.4. The minimum Gasteiger partial charge on any atom is -0.394 e. The predicted octanol–water partition coefficient (Wildman–Crippen LogP) is 9.71. The summed E-state index contributed by atoms with van der Waals surface area (Å²) in [5.74, 6) is 1.55. The molecule has 0 radical (unpaired) electrons. The van der Waals surface area contributed by atoms with Crippen molar-refractivity contribution in [1.29, 1.82) is 0 Å². The van der Waals surface area contributed by atoms with Gasteiger partial charge < -0.3 is 44.7 Å². The zero-order valence-electron chi connectivity index (χ0n) is 50.3. The smallest absolute Gasteiger partial charge is 0.264 e. The summed E-state index contributed by atoms with van der Waals surface area (Å²) in [7, 11) is -3.42. The number of fused-ring (bicyclic) bond motifs is 2. The molecule has 5 N–H and O–H groups in total. The van der Waals surface area contributed by atoms with Crippen LogP contribution in [0.25, 0.3) is 44.6 Å². The van der Waals surface area contributed by atoms with Gasteiger partial charge in [-0.1, -0.05) is 129 Å². The number of anilines is 2. The number of hydrogen-bond donors (Lipinski definition) is 5. The van der Waals surface area contributed by atoms with Gasteiger partial charge in [-0.3, -0.25) is 23.8 Å². The molecule has 8 aromatic rings. The minimum absolute atomic E-state index is 0. The lowest BCUT2D eigenvalue weighted by Crippen LogP contribution is -2.46. The molecule has 6 heterocycles. The zero-order chi connectivity index (χ0) is 61.1. The zero-order valence-corrected chi connectivity index (χ0v) is 51.6. The molecule has 4 aromatic heterocycles. The molecule has 0 amide bonds. The van der Waals surface area contributed by atoms with Crippen LogP contribution in [-0.2, 0) is 59.4 Å². The number of hydrogen-bond acceptors (Lipinski definition) is 18. The van der Waals surface area contributed by atoms with Crippen LogP contribution in [0.1, 0.15) is 44.9 Å². The first-order valence-electron chi connectivity index (χ1n) is 29.9. The Kier molecular flexibility index (Phi) is 27.9. The van der Waals surface area contributed by atoms with Crippen molar-refractivity contribution >= 4 is 67.0 Å². The van der Waals surface area contributed by atoms with Crippen molar-refractivity contribution in [3.63, 3.8) is 0 Å². The van der Waals surface area contributed by atoms with Gasteiger partial charge in [0, 0.05) is 114 Å². The second-order valence-electron chi connectivity index (χ2n) is 20.6. The quantitative estimate of drug-likeness (QED) is 0.0209. The monoisotopic (exact) mass is 1250 g/mol. The number of rotatable bonds is 30. The largest absolute Gasteiger partial charge is 0.394 e. The van der Waals surface area contributed by atoms with E-state index in [0.717, 1.165) is 162 Å². The highest BCUT2D eigenvalue weighted by molar-refractivity contribution is 7.86. The van der Waals surface area contributed by atoms with Gasteiger partial charge in [0.05, 0.1) is 83.1 Å². The Labute approximate surface area is 524 Å². The van der Waals surface area contributed by atoms with E-state index in [1.165, 1.54) is 11.1 Å². The van der Waals surface area contributed by atoms with E-state index >= 15 is 0 Å². The van der Waals surface area contributed by atoms with E-state index in [9.17, 15) is 8.42 Å². The Bertz CT molecular complexity index is 3410. The van der Waals surface area contributed by atoms with Crippen LogP contribution >= 0.6 is 23.2 Å². The minimum atomic E-state index is -3.42. The molecule has 2 saturated heterocycles. The summed E-state index contributed by atoms with van der Waals surface area (Å²) in [6.45, 7) is 19.4. The van der Waals surface area contributed by atoms with Crippen LogP contribution in [0.3, 0.4) is 0 Å². The van der Waals surface area contributed by atoms with Gasteiger partial charge >= 0.3 is 0 Å². The molecule has 87 heavy (non-hydrogen) atoms. The third-order valence-electron chi connectivity index (χ3n) is 14.5. The van der Waals surface area contributed by atoms with Gasteiger partial charge in [-0.2, -0.15) is 8.42 Å². The number of piperazine rings is 2. The van der Waals surface area contributed by atoms with Crippen LogP contribution in [-0.4, -0.2) is 201 Å². The number of aliphatic hydroxyl groups is 1. The first kappa shape index (κ1) is 66.8. The van der Waals surface area contributed by atoms with E-state index in [-0.39, 0.29) is 27.2 Å². The number of halogens is 2. The summed E-state index contributed by atoms with van der Waals surface area (Å²) in [6.07, 6.45) is 4.16. The molecule has 0 bridgehead atoms. The van der Waals surface area contributed by atoms with Crippen LogP contribution in [0.4, 0.5) is 11.6 Å². The van der Waals surface area contributed by atoms with E-state index in [2.05, 4.69) is 125 Å². The lowest BCUT2D eigenvalue weighted by Gasteiger charge is -2.34. The van der Waals surface area contributed by atoms with Crippen molar-refractivity contribution in [3.8, 4) is 22.5 Å². The summed E-state index contributed by atoms with van der Waals surface area (Å²) in [5.41, 5.74) is 10.4. The Morgan fingerprint density at radius 3 is 1.33 bits per heavy atom. The highest BCUT2D eigenvalue weighted by Crippen LogP contribution is 2.30. The molecule has 23 heteroatoms. The first-order chi connectivity index (χ1) is 42.4. The van der Waals surface area contributed by atoms with Crippen LogP contribution < -0.4 is 10.6 Å². The molecule has 0 aliphatic carbocycles. The molecule has 2 aliphatic heterocycles. The number of nitrogens with zero attached hydrogens (tertiary/aromatic N) is 8. The number of aromatic nitrogens is 6. The lowest BCUT2D eigenvalue weighted by atomic mass is 10.1. The average Bonchev–Trinajstić information content (AvgIpc) is 2.64. The maximum Gasteiger partial charge on any atom is 0.264 e. The predicted molar refractivity (Wildman–Crippen MR) is 349 cm³/mol. The van der Waals surface area contributed by atoms with E-state index in [1.54, 1.807) is 19.6 Å². The van der Waals surface area contributed by atoms with E-state index in [1.807, 2.05) is 48.5 Å². The molecule has 4 aromatic carbocycles. The van der Waals surface area contributed by atoms with Gasteiger partial charge in [0.1, 0.15) is 35.6 Å². The lowest BCUT2D eigenvalue weighted by molar-refractivity contribution is 0.0214. The summed E-state index contributed by atoms with van der Waals surface area (Å²) in [4.78, 5) is 34.5. The second kappa shape index (κ2) is 36.4. The van der Waals surface area contributed by atoms with E-state index in [0.29, 0.717) is 66.2 Å². The van der Waals surface area contributed by atoms with Gasteiger partial charge in [-0.05, 0) is 57.6 Å². The van der Waals surface area contributed by atoms with Crippen molar-refractivity contribution in [2.75, 3.05) is 148 Å². The maximum atomic E-state index is 10.9. The fraction of sp³-hybridized carbons (Fsp3) is 0.438. The van der Waals surface area contributed by atoms with Crippen LogP contribution in [0.5, 0.6) is 0 Å². The number of nitrogens with one attached hydrogen (secondary N) is 4. The van der Waals surface area contributed by atoms with E-state index in [4.69, 9.17) is 48.6 Å². The molecule has 470 valence electrons. The van der Waals surface area contributed by atoms with Crippen molar-refractivity contribution in [2.24, 2.45) is 0 Å². The second-order valence-corrected chi connectivity index (χ2v) is 23.0. The molecular weight excluding hydrogens is 1170 g/mol. The van der Waals surface area contributed by atoms with Gasteiger partial charge in [0.25, 0.3) is 10.1 Å². The van der Waals surface area contributed by atoms with Crippen LogP contribution in [0.15, 0.2) is 122 Å². The average molecular weight is 1260 g/mol. The third kappa shape index (κ3) is 22.1. The third-order valence-corrected chi connectivity index (χ3v) is 15.9.